The van der Waals surface area contributed by atoms with Crippen LogP contribution >= 0.6 is 15.9 Å². The Morgan fingerprint density at radius 1 is 1.11 bits per heavy atom. The van der Waals surface area contributed by atoms with E-state index in [4.69, 9.17) is 4.74 Å². The number of benzene rings is 2. The van der Waals surface area contributed by atoms with Crippen molar-refractivity contribution in [3.8, 4) is 5.75 Å². The fourth-order valence-corrected chi connectivity index (χ4v) is 4.83. The topological polar surface area (TPSA) is 96.0 Å². The molecular formula is C26H36BrN3O5S. The summed E-state index contributed by atoms with van der Waals surface area (Å²) in [5.74, 6) is 0.0623. The fraction of sp³-hybridized carbons (Fsp3) is 0.462. The van der Waals surface area contributed by atoms with E-state index in [1.807, 2.05) is 45.0 Å². The summed E-state index contributed by atoms with van der Waals surface area (Å²) in [5.41, 5.74) is 0.912. The van der Waals surface area contributed by atoms with E-state index in [0.717, 1.165) is 16.3 Å². The zero-order chi connectivity index (χ0) is 27.1. The second-order valence-corrected chi connectivity index (χ2v) is 12.5. The second kappa shape index (κ2) is 12.6. The van der Waals surface area contributed by atoms with Crippen LogP contribution in [0.4, 0.5) is 5.69 Å². The van der Waals surface area contributed by atoms with E-state index in [0.29, 0.717) is 11.4 Å². The smallest absolute Gasteiger partial charge is 0.242 e. The van der Waals surface area contributed by atoms with Gasteiger partial charge in [0, 0.05) is 35.6 Å². The van der Waals surface area contributed by atoms with Crippen molar-refractivity contribution in [2.45, 2.75) is 58.7 Å². The highest BCUT2D eigenvalue weighted by Gasteiger charge is 2.28. The number of hydrogen-bond acceptors (Lipinski definition) is 5. The van der Waals surface area contributed by atoms with Gasteiger partial charge in [0.1, 0.15) is 11.8 Å². The third kappa shape index (κ3) is 9.13. The van der Waals surface area contributed by atoms with Crippen molar-refractivity contribution in [1.29, 1.82) is 0 Å². The Balaban J connectivity index is 2.19. The first-order chi connectivity index (χ1) is 16.7. The SMILES string of the molecule is COc1cccc(N(CCCC(=O)N(Cc2ccc(Br)cc2)C(C)C(=O)NC(C)(C)C)S(C)(=O)=O)c1. The first-order valence-electron chi connectivity index (χ1n) is 11.7. The maximum absolute atomic E-state index is 13.3. The lowest BCUT2D eigenvalue weighted by atomic mass is 10.1. The number of amides is 2. The lowest BCUT2D eigenvalue weighted by Crippen LogP contribution is -2.52. The Bertz CT molecular complexity index is 1150. The summed E-state index contributed by atoms with van der Waals surface area (Å²) in [6.07, 6.45) is 1.50. The highest BCUT2D eigenvalue weighted by Crippen LogP contribution is 2.24. The van der Waals surface area contributed by atoms with E-state index in [9.17, 15) is 18.0 Å². The van der Waals surface area contributed by atoms with Gasteiger partial charge in [-0.1, -0.05) is 34.1 Å². The molecule has 0 spiro atoms. The van der Waals surface area contributed by atoms with Crippen LogP contribution in [-0.4, -0.2) is 56.6 Å². The standard InChI is InChI=1S/C26H36BrN3O5S/c1-19(25(32)28-26(2,3)4)29(18-20-12-14-21(27)15-13-20)24(31)11-8-16-30(36(6,33)34)22-9-7-10-23(17-22)35-5/h7,9-10,12-15,17,19H,8,11,16,18H2,1-6H3,(H,28,32). The number of anilines is 1. The van der Waals surface area contributed by atoms with Gasteiger partial charge >= 0.3 is 0 Å². The van der Waals surface area contributed by atoms with Crippen LogP contribution < -0.4 is 14.4 Å². The number of sulfonamides is 1. The summed E-state index contributed by atoms with van der Waals surface area (Å²) in [5, 5.41) is 2.94. The van der Waals surface area contributed by atoms with Gasteiger partial charge in [0.2, 0.25) is 21.8 Å². The molecule has 0 fully saturated rings. The van der Waals surface area contributed by atoms with E-state index >= 15 is 0 Å². The van der Waals surface area contributed by atoms with Crippen molar-refractivity contribution < 1.29 is 22.7 Å². The van der Waals surface area contributed by atoms with E-state index in [1.54, 1.807) is 36.1 Å². The molecule has 0 aromatic heterocycles. The molecule has 10 heteroatoms. The van der Waals surface area contributed by atoms with Crippen LogP contribution in [0.2, 0.25) is 0 Å². The Hall–Kier alpha value is -2.59. The minimum Gasteiger partial charge on any atom is -0.497 e. The monoisotopic (exact) mass is 581 g/mol. The molecule has 2 amide bonds. The van der Waals surface area contributed by atoms with Gasteiger partial charge in [0.05, 0.1) is 19.1 Å². The summed E-state index contributed by atoms with van der Waals surface area (Å²) >= 11 is 3.41. The average molecular weight is 583 g/mol. The molecule has 198 valence electrons. The van der Waals surface area contributed by atoms with Crippen LogP contribution in [-0.2, 0) is 26.2 Å². The van der Waals surface area contributed by atoms with Crippen LogP contribution in [0.5, 0.6) is 5.75 Å². The van der Waals surface area contributed by atoms with Crippen LogP contribution in [0, 0.1) is 0 Å². The molecule has 1 N–H and O–H groups in total. The molecule has 8 nitrogen and oxygen atoms in total. The lowest BCUT2D eigenvalue weighted by molar-refractivity contribution is -0.141. The fourth-order valence-electron chi connectivity index (χ4n) is 3.61. The molecule has 2 rings (SSSR count). The van der Waals surface area contributed by atoms with Gasteiger partial charge < -0.3 is 15.0 Å². The van der Waals surface area contributed by atoms with Crippen LogP contribution in [0.25, 0.3) is 0 Å². The zero-order valence-corrected chi connectivity index (χ0v) is 24.1. The van der Waals surface area contributed by atoms with Crippen molar-refractivity contribution in [1.82, 2.24) is 10.2 Å². The highest BCUT2D eigenvalue weighted by atomic mass is 79.9. The molecule has 0 aliphatic heterocycles. The van der Waals surface area contributed by atoms with Gasteiger partial charge in [-0.25, -0.2) is 8.42 Å². The third-order valence-corrected chi connectivity index (χ3v) is 7.15. The number of methoxy groups -OCH3 is 1. The number of carbonyl (C=O) groups excluding carboxylic acids is 2. The Morgan fingerprint density at radius 2 is 1.75 bits per heavy atom. The van der Waals surface area contributed by atoms with E-state index in [2.05, 4.69) is 21.2 Å². The van der Waals surface area contributed by atoms with Gasteiger partial charge in [0.15, 0.2) is 0 Å². The summed E-state index contributed by atoms with van der Waals surface area (Å²) < 4.78 is 32.3. The highest BCUT2D eigenvalue weighted by molar-refractivity contribution is 9.10. The third-order valence-electron chi connectivity index (χ3n) is 5.43. The maximum Gasteiger partial charge on any atom is 0.242 e. The molecule has 36 heavy (non-hydrogen) atoms. The van der Waals surface area contributed by atoms with Crippen LogP contribution in [0.1, 0.15) is 46.1 Å². The van der Waals surface area contributed by atoms with Gasteiger partial charge in [0.25, 0.3) is 0 Å². The Kier molecular flexibility index (Phi) is 10.4. The van der Waals surface area contributed by atoms with Gasteiger partial charge in [-0.05, 0) is 63.9 Å². The van der Waals surface area contributed by atoms with E-state index in [1.165, 1.54) is 11.4 Å². The number of nitrogens with one attached hydrogen (secondary N) is 1. The molecule has 1 unspecified atom stereocenters. The van der Waals surface area contributed by atoms with Crippen molar-refractivity contribution in [2.24, 2.45) is 0 Å². The second-order valence-electron chi connectivity index (χ2n) is 9.70. The summed E-state index contributed by atoms with van der Waals surface area (Å²) in [6, 6.07) is 13.6. The number of rotatable bonds is 11. The summed E-state index contributed by atoms with van der Waals surface area (Å²) in [7, 11) is -2.07. The number of ether oxygens (including phenoxy) is 1. The molecule has 2 aromatic carbocycles. The van der Waals surface area contributed by atoms with Crippen molar-refractivity contribution in [2.75, 3.05) is 24.2 Å². The molecular weight excluding hydrogens is 546 g/mol. The van der Waals surface area contributed by atoms with Crippen molar-refractivity contribution in [3.63, 3.8) is 0 Å². The molecule has 0 saturated heterocycles. The number of hydrogen-bond donors (Lipinski definition) is 1. The van der Waals surface area contributed by atoms with Crippen LogP contribution in [0.15, 0.2) is 53.0 Å². The molecule has 0 aliphatic rings. The minimum absolute atomic E-state index is 0.0830. The first-order valence-corrected chi connectivity index (χ1v) is 14.3. The van der Waals surface area contributed by atoms with Gasteiger partial charge in [-0.15, -0.1) is 0 Å². The minimum atomic E-state index is -3.58. The summed E-state index contributed by atoms with van der Waals surface area (Å²) in [6.45, 7) is 7.74. The predicted molar refractivity (Wildman–Crippen MR) is 146 cm³/mol. The number of halogens is 1. The molecule has 1 atom stereocenters. The molecule has 0 saturated carbocycles. The summed E-state index contributed by atoms with van der Waals surface area (Å²) in [4.78, 5) is 27.8. The van der Waals surface area contributed by atoms with Gasteiger partial charge in [-0.3, -0.25) is 13.9 Å². The number of carbonyl (C=O) groups is 2. The molecule has 0 bridgehead atoms. The lowest BCUT2D eigenvalue weighted by Gasteiger charge is -2.32. The van der Waals surface area contributed by atoms with E-state index in [-0.39, 0.29) is 37.7 Å². The Morgan fingerprint density at radius 3 is 2.31 bits per heavy atom. The number of nitrogens with zero attached hydrogens (tertiary/aromatic N) is 2. The van der Waals surface area contributed by atoms with Crippen molar-refractivity contribution in [3.05, 3.63) is 58.6 Å². The predicted octanol–water partition coefficient (Wildman–Crippen LogP) is 4.34. The first kappa shape index (κ1) is 29.6. The molecule has 0 radical (unpaired) electrons. The molecule has 2 aromatic rings. The van der Waals surface area contributed by atoms with Crippen LogP contribution in [0.3, 0.4) is 0 Å². The van der Waals surface area contributed by atoms with Crippen molar-refractivity contribution >= 4 is 43.5 Å². The normalized spacial score (nSPS) is 12.5. The molecule has 0 aliphatic carbocycles. The largest absolute Gasteiger partial charge is 0.497 e. The van der Waals surface area contributed by atoms with E-state index < -0.39 is 21.6 Å². The average Bonchev–Trinajstić information content (AvgIpc) is 2.79. The van der Waals surface area contributed by atoms with Gasteiger partial charge in [-0.2, -0.15) is 0 Å². The molecule has 0 heterocycles. The Labute approximate surface area is 223 Å². The maximum atomic E-state index is 13.3. The quantitative estimate of drug-likeness (QED) is 0.426. The zero-order valence-electron chi connectivity index (χ0n) is 21.7.